The predicted molar refractivity (Wildman–Crippen MR) is 284 cm³/mol. The van der Waals surface area contributed by atoms with Crippen LogP contribution in [0.25, 0.3) is 0 Å². The molecule has 0 saturated carbocycles. The van der Waals surface area contributed by atoms with E-state index in [1.807, 2.05) is 0 Å². The lowest BCUT2D eigenvalue weighted by Crippen LogP contribution is -2.30. The summed E-state index contributed by atoms with van der Waals surface area (Å²) < 4.78 is 16.8. The topological polar surface area (TPSA) is 78.9 Å². The molecule has 6 nitrogen and oxygen atoms in total. The molecule has 0 saturated heterocycles. The molecule has 0 aromatic carbocycles. The van der Waals surface area contributed by atoms with Crippen molar-refractivity contribution >= 4 is 17.9 Å². The second-order valence-corrected chi connectivity index (χ2v) is 18.8. The lowest BCUT2D eigenvalue weighted by atomic mass is 10.1. The Morgan fingerprint density at radius 2 is 0.561 bits per heavy atom. The molecule has 0 aromatic rings. The Kier molecular flexibility index (Phi) is 52.3. The molecule has 0 aliphatic heterocycles. The van der Waals surface area contributed by atoms with E-state index in [2.05, 4.69) is 81.5 Å². The van der Waals surface area contributed by atoms with Crippen molar-refractivity contribution in [1.82, 2.24) is 0 Å². The zero-order chi connectivity index (χ0) is 47.9. The summed E-state index contributed by atoms with van der Waals surface area (Å²) in [5, 5.41) is 0. The Bertz CT molecular complexity index is 1200. The molecule has 0 spiro atoms. The summed E-state index contributed by atoms with van der Waals surface area (Å²) in [6, 6.07) is 0. The number of carbonyl (C=O) groups is 3. The van der Waals surface area contributed by atoms with Gasteiger partial charge in [0.1, 0.15) is 13.2 Å². The fourth-order valence-electron chi connectivity index (χ4n) is 7.94. The van der Waals surface area contributed by atoms with Gasteiger partial charge in [-0.3, -0.25) is 14.4 Å². The van der Waals surface area contributed by atoms with Crippen LogP contribution < -0.4 is 0 Å². The lowest BCUT2D eigenvalue weighted by molar-refractivity contribution is -0.167. The van der Waals surface area contributed by atoms with E-state index in [1.165, 1.54) is 141 Å². The summed E-state index contributed by atoms with van der Waals surface area (Å²) in [7, 11) is 0. The number of esters is 3. The first-order chi connectivity index (χ1) is 32.5. The summed E-state index contributed by atoms with van der Waals surface area (Å²) >= 11 is 0. The van der Waals surface area contributed by atoms with Gasteiger partial charge in [-0.1, -0.05) is 242 Å². The van der Waals surface area contributed by atoms with Gasteiger partial charge in [0.05, 0.1) is 0 Å². The Morgan fingerprint density at radius 1 is 0.303 bits per heavy atom. The van der Waals surface area contributed by atoms with Crippen molar-refractivity contribution in [1.29, 1.82) is 0 Å². The summed E-state index contributed by atoms with van der Waals surface area (Å²) in [5.74, 6) is -0.895. The van der Waals surface area contributed by atoms with Crippen molar-refractivity contribution in [3.63, 3.8) is 0 Å². The number of hydrogen-bond donors (Lipinski definition) is 0. The van der Waals surface area contributed by atoms with Gasteiger partial charge in [0.15, 0.2) is 6.10 Å². The smallest absolute Gasteiger partial charge is 0.306 e. The Labute approximate surface area is 409 Å². The van der Waals surface area contributed by atoms with E-state index in [0.29, 0.717) is 19.3 Å². The second kappa shape index (κ2) is 54.7. The molecule has 66 heavy (non-hydrogen) atoms. The van der Waals surface area contributed by atoms with E-state index in [1.54, 1.807) is 0 Å². The van der Waals surface area contributed by atoms with Crippen LogP contribution in [0.3, 0.4) is 0 Å². The first-order valence-corrected chi connectivity index (χ1v) is 28.3. The number of rotatable bonds is 51. The molecule has 0 rings (SSSR count). The van der Waals surface area contributed by atoms with Gasteiger partial charge in [0.25, 0.3) is 0 Å². The van der Waals surface area contributed by atoms with Crippen molar-refractivity contribution in [3.05, 3.63) is 60.8 Å². The molecule has 0 aromatic heterocycles. The van der Waals surface area contributed by atoms with Gasteiger partial charge in [-0.25, -0.2) is 0 Å². The number of allylic oxidation sites excluding steroid dienone is 10. The molecule has 0 bridgehead atoms. The summed E-state index contributed by atoms with van der Waals surface area (Å²) in [6.45, 7) is 6.58. The van der Waals surface area contributed by atoms with E-state index in [4.69, 9.17) is 14.2 Å². The molecule has 0 radical (unpaired) electrons. The number of hydrogen-bond acceptors (Lipinski definition) is 6. The highest BCUT2D eigenvalue weighted by Gasteiger charge is 2.19. The minimum Gasteiger partial charge on any atom is -0.462 e. The fourth-order valence-corrected chi connectivity index (χ4v) is 7.94. The number of unbranched alkanes of at least 4 members (excludes halogenated alkanes) is 30. The molecule has 6 heteroatoms. The average molecular weight is 924 g/mol. The van der Waals surface area contributed by atoms with E-state index >= 15 is 0 Å². The molecule has 0 N–H and O–H groups in total. The summed E-state index contributed by atoms with van der Waals surface area (Å²) in [6.07, 6.45) is 67.8. The van der Waals surface area contributed by atoms with Crippen LogP contribution in [0.2, 0.25) is 0 Å². The fraction of sp³-hybridized carbons (Fsp3) is 0.783. The van der Waals surface area contributed by atoms with Crippen LogP contribution >= 0.6 is 0 Å². The molecule has 382 valence electrons. The van der Waals surface area contributed by atoms with Gasteiger partial charge in [-0.05, 0) is 83.5 Å². The highest BCUT2D eigenvalue weighted by Crippen LogP contribution is 2.15. The maximum absolute atomic E-state index is 12.8. The first kappa shape index (κ1) is 63.1. The predicted octanol–water partition coefficient (Wildman–Crippen LogP) is 18.8. The maximum atomic E-state index is 12.8. The normalized spacial score (nSPS) is 12.5. The van der Waals surface area contributed by atoms with Crippen LogP contribution in [-0.2, 0) is 28.6 Å². The van der Waals surface area contributed by atoms with Crippen molar-refractivity contribution in [2.24, 2.45) is 0 Å². The SMILES string of the molecule is CCCC/C=C\C/C=C\CCCCCCCC(=O)OC(COC(=O)CCCCCCCCCC/C=C\C/C=C\C/C=C\CCCCCCC)COC(=O)CCCCCCCCCCCCC. The first-order valence-electron chi connectivity index (χ1n) is 28.3. The molecular weight excluding hydrogens is 817 g/mol. The Balaban J connectivity index is 4.31. The molecule has 0 amide bonds. The zero-order valence-corrected chi connectivity index (χ0v) is 43.7. The number of carbonyl (C=O) groups excluding carboxylic acids is 3. The summed E-state index contributed by atoms with van der Waals surface area (Å²) in [5.41, 5.74) is 0. The maximum Gasteiger partial charge on any atom is 0.306 e. The van der Waals surface area contributed by atoms with Crippen molar-refractivity contribution in [2.45, 2.75) is 290 Å². The largest absolute Gasteiger partial charge is 0.462 e. The molecule has 0 fully saturated rings. The van der Waals surface area contributed by atoms with Gasteiger partial charge >= 0.3 is 17.9 Å². The minimum atomic E-state index is -0.782. The Hall–Kier alpha value is -2.89. The van der Waals surface area contributed by atoms with Crippen LogP contribution in [-0.4, -0.2) is 37.2 Å². The van der Waals surface area contributed by atoms with E-state index < -0.39 is 6.10 Å². The van der Waals surface area contributed by atoms with E-state index in [0.717, 1.165) is 103 Å². The number of ether oxygens (including phenoxy) is 3. The lowest BCUT2D eigenvalue weighted by Gasteiger charge is -2.18. The Morgan fingerprint density at radius 3 is 0.894 bits per heavy atom. The monoisotopic (exact) mass is 923 g/mol. The molecule has 1 unspecified atom stereocenters. The average Bonchev–Trinajstić information content (AvgIpc) is 3.31. The minimum absolute atomic E-state index is 0.0803. The third-order valence-corrected chi connectivity index (χ3v) is 12.2. The summed E-state index contributed by atoms with van der Waals surface area (Å²) in [4.78, 5) is 38.0. The van der Waals surface area contributed by atoms with Crippen LogP contribution in [0.5, 0.6) is 0 Å². The van der Waals surface area contributed by atoms with Crippen LogP contribution in [0.1, 0.15) is 284 Å². The zero-order valence-electron chi connectivity index (χ0n) is 43.7. The molecule has 1 atom stereocenters. The standard InChI is InChI=1S/C60H106O6/c1-4-7-10-13-16-19-22-24-26-27-28-29-30-31-32-33-34-36-38-41-44-47-50-53-59(62)65-56-57(55-64-58(61)52-49-46-43-40-37-21-18-15-12-9-6-3)66-60(63)54-51-48-45-42-39-35-25-23-20-17-14-11-8-5-2/h14,17,22-25,27-28,30-31,57H,4-13,15-16,18-21,26,29,32-56H2,1-3H3/b17-14-,24-22-,25-23-,28-27-,31-30-. The van der Waals surface area contributed by atoms with Gasteiger partial charge in [-0.15, -0.1) is 0 Å². The third kappa shape index (κ3) is 52.1. The quantitative estimate of drug-likeness (QED) is 0.0262. The third-order valence-electron chi connectivity index (χ3n) is 12.2. The van der Waals surface area contributed by atoms with Gasteiger partial charge in [0, 0.05) is 19.3 Å². The van der Waals surface area contributed by atoms with Crippen LogP contribution in [0.15, 0.2) is 60.8 Å². The van der Waals surface area contributed by atoms with Crippen molar-refractivity contribution < 1.29 is 28.6 Å². The van der Waals surface area contributed by atoms with E-state index in [-0.39, 0.29) is 31.1 Å². The second-order valence-electron chi connectivity index (χ2n) is 18.8. The van der Waals surface area contributed by atoms with Gasteiger partial charge in [0.2, 0.25) is 0 Å². The van der Waals surface area contributed by atoms with E-state index in [9.17, 15) is 14.4 Å². The van der Waals surface area contributed by atoms with Gasteiger partial charge < -0.3 is 14.2 Å². The molecular formula is C60H106O6. The van der Waals surface area contributed by atoms with Gasteiger partial charge in [-0.2, -0.15) is 0 Å². The van der Waals surface area contributed by atoms with Crippen LogP contribution in [0.4, 0.5) is 0 Å². The van der Waals surface area contributed by atoms with Crippen molar-refractivity contribution in [2.75, 3.05) is 13.2 Å². The van der Waals surface area contributed by atoms with Crippen molar-refractivity contribution in [3.8, 4) is 0 Å². The molecule has 0 heterocycles. The highest BCUT2D eigenvalue weighted by atomic mass is 16.6. The molecule has 0 aliphatic rings. The molecule has 0 aliphatic carbocycles. The van der Waals surface area contributed by atoms with Crippen LogP contribution in [0, 0.1) is 0 Å². The highest BCUT2D eigenvalue weighted by molar-refractivity contribution is 5.71.